The fraction of sp³-hybridized carbons (Fsp3) is 0.684. The predicted molar refractivity (Wildman–Crippen MR) is 88.1 cm³/mol. The average Bonchev–Trinajstić information content (AvgIpc) is 2.42. The summed E-state index contributed by atoms with van der Waals surface area (Å²) in [5.74, 6) is 2.53. The van der Waals surface area contributed by atoms with Crippen LogP contribution in [0.2, 0.25) is 0 Å². The second kappa shape index (κ2) is 6.76. The van der Waals surface area contributed by atoms with Crippen molar-refractivity contribution < 1.29 is 0 Å². The highest BCUT2D eigenvalue weighted by molar-refractivity contribution is 5.34. The maximum Gasteiger partial charge on any atom is 0.00957 e. The third-order valence-corrected chi connectivity index (χ3v) is 5.45. The molecule has 20 heavy (non-hydrogen) atoms. The normalized spacial score (nSPS) is 27.0. The molecule has 0 saturated heterocycles. The molecule has 3 unspecified atom stereocenters. The molecular weight excluding hydrogens is 242 g/mol. The molecule has 3 atom stereocenters. The molecule has 0 amide bonds. The first-order valence-corrected chi connectivity index (χ1v) is 8.25. The number of rotatable bonds is 4. The van der Waals surface area contributed by atoms with E-state index < -0.39 is 0 Å². The van der Waals surface area contributed by atoms with E-state index in [4.69, 9.17) is 0 Å². The van der Waals surface area contributed by atoms with Crippen molar-refractivity contribution in [1.82, 2.24) is 5.32 Å². The van der Waals surface area contributed by atoms with Gasteiger partial charge in [0.25, 0.3) is 0 Å². The Bertz CT molecular complexity index is 415. The van der Waals surface area contributed by atoms with E-state index in [9.17, 15) is 0 Å². The van der Waals surface area contributed by atoms with E-state index in [0.29, 0.717) is 6.04 Å². The van der Waals surface area contributed by atoms with Crippen LogP contribution in [-0.2, 0) is 6.42 Å². The molecule has 0 spiro atoms. The third kappa shape index (κ3) is 3.44. The largest absolute Gasteiger partial charge is 0.317 e. The Hall–Kier alpha value is -0.820. The Morgan fingerprint density at radius 1 is 1.15 bits per heavy atom. The summed E-state index contributed by atoms with van der Waals surface area (Å²) >= 11 is 0. The maximum atomic E-state index is 3.57. The van der Waals surface area contributed by atoms with Gasteiger partial charge in [0.1, 0.15) is 0 Å². The number of hydrogen-bond donors (Lipinski definition) is 1. The van der Waals surface area contributed by atoms with E-state index >= 15 is 0 Å². The SMILES string of the molecule is CNC1CCC(C(C)C)CC1Cc1c(C)cccc1C. The van der Waals surface area contributed by atoms with Gasteiger partial charge in [0, 0.05) is 6.04 Å². The quantitative estimate of drug-likeness (QED) is 0.851. The summed E-state index contributed by atoms with van der Waals surface area (Å²) in [6.07, 6.45) is 5.37. The van der Waals surface area contributed by atoms with Crippen molar-refractivity contribution in [2.45, 2.75) is 59.4 Å². The van der Waals surface area contributed by atoms with Crippen LogP contribution in [0.25, 0.3) is 0 Å². The van der Waals surface area contributed by atoms with Gasteiger partial charge in [-0.2, -0.15) is 0 Å². The Kier molecular flexibility index (Phi) is 5.26. The lowest BCUT2D eigenvalue weighted by Gasteiger charge is -2.38. The van der Waals surface area contributed by atoms with Gasteiger partial charge in [0.05, 0.1) is 0 Å². The van der Waals surface area contributed by atoms with Crippen molar-refractivity contribution in [3.05, 3.63) is 34.9 Å². The fourth-order valence-corrected chi connectivity index (χ4v) is 3.94. The van der Waals surface area contributed by atoms with Crippen molar-refractivity contribution in [3.63, 3.8) is 0 Å². The molecule has 1 fully saturated rings. The molecule has 0 heterocycles. The first-order chi connectivity index (χ1) is 9.52. The molecule has 1 aliphatic rings. The second-order valence-electron chi connectivity index (χ2n) is 7.05. The third-order valence-electron chi connectivity index (χ3n) is 5.45. The molecule has 0 aromatic heterocycles. The van der Waals surface area contributed by atoms with Gasteiger partial charge in [0.15, 0.2) is 0 Å². The van der Waals surface area contributed by atoms with Gasteiger partial charge in [0.2, 0.25) is 0 Å². The van der Waals surface area contributed by atoms with Crippen LogP contribution in [0.1, 0.15) is 49.8 Å². The number of hydrogen-bond acceptors (Lipinski definition) is 1. The first kappa shape index (κ1) is 15.6. The highest BCUT2D eigenvalue weighted by Gasteiger charge is 2.31. The highest BCUT2D eigenvalue weighted by Crippen LogP contribution is 2.36. The fourth-order valence-electron chi connectivity index (χ4n) is 3.94. The zero-order chi connectivity index (χ0) is 14.7. The van der Waals surface area contributed by atoms with Crippen LogP contribution >= 0.6 is 0 Å². The van der Waals surface area contributed by atoms with Crippen LogP contribution in [0.4, 0.5) is 0 Å². The molecular formula is C19H31N. The molecule has 1 heteroatoms. The Morgan fingerprint density at radius 2 is 1.80 bits per heavy atom. The summed E-state index contributed by atoms with van der Waals surface area (Å²) in [5, 5.41) is 3.57. The zero-order valence-electron chi connectivity index (χ0n) is 13.9. The molecule has 1 aromatic carbocycles. The monoisotopic (exact) mass is 273 g/mol. The van der Waals surface area contributed by atoms with Gasteiger partial charge in [-0.05, 0) is 81.0 Å². The molecule has 1 nitrogen and oxygen atoms in total. The lowest BCUT2D eigenvalue weighted by Crippen LogP contribution is -2.40. The summed E-state index contributed by atoms with van der Waals surface area (Å²) in [4.78, 5) is 0. The number of nitrogens with one attached hydrogen (secondary N) is 1. The number of aryl methyl sites for hydroxylation is 2. The van der Waals surface area contributed by atoms with E-state index in [2.05, 4.69) is 58.3 Å². The minimum atomic E-state index is 0.698. The van der Waals surface area contributed by atoms with Crippen molar-refractivity contribution in [2.24, 2.45) is 17.8 Å². The van der Waals surface area contributed by atoms with Crippen molar-refractivity contribution in [3.8, 4) is 0 Å². The summed E-state index contributed by atoms with van der Waals surface area (Å²) in [6.45, 7) is 9.31. The standard InChI is InChI=1S/C19H31N/c1-13(2)16-9-10-19(20-5)17(11-16)12-18-14(3)7-6-8-15(18)4/h6-8,13,16-17,19-20H,9-12H2,1-5H3. The van der Waals surface area contributed by atoms with Gasteiger partial charge < -0.3 is 5.32 Å². The smallest absolute Gasteiger partial charge is 0.00957 e. The number of benzene rings is 1. The van der Waals surface area contributed by atoms with Gasteiger partial charge >= 0.3 is 0 Å². The zero-order valence-corrected chi connectivity index (χ0v) is 13.9. The van der Waals surface area contributed by atoms with Crippen molar-refractivity contribution in [2.75, 3.05) is 7.05 Å². The Morgan fingerprint density at radius 3 is 2.35 bits per heavy atom. The van der Waals surface area contributed by atoms with Crippen molar-refractivity contribution in [1.29, 1.82) is 0 Å². The van der Waals surface area contributed by atoms with Crippen LogP contribution in [0.15, 0.2) is 18.2 Å². The first-order valence-electron chi connectivity index (χ1n) is 8.25. The van der Waals surface area contributed by atoms with Crippen LogP contribution in [0.3, 0.4) is 0 Å². The molecule has 0 radical (unpaired) electrons. The Labute approximate surface area is 125 Å². The summed E-state index contributed by atoms with van der Waals surface area (Å²) in [5.41, 5.74) is 4.51. The van der Waals surface area contributed by atoms with Gasteiger partial charge in [-0.1, -0.05) is 32.0 Å². The van der Waals surface area contributed by atoms with Crippen LogP contribution in [-0.4, -0.2) is 13.1 Å². The van der Waals surface area contributed by atoms with Crippen molar-refractivity contribution >= 4 is 0 Å². The molecule has 2 rings (SSSR count). The van der Waals surface area contributed by atoms with E-state index in [1.54, 1.807) is 5.56 Å². The lowest BCUT2D eigenvalue weighted by atomic mass is 9.71. The molecule has 1 aliphatic carbocycles. The highest BCUT2D eigenvalue weighted by atomic mass is 14.9. The van der Waals surface area contributed by atoms with Gasteiger partial charge in [-0.15, -0.1) is 0 Å². The summed E-state index contributed by atoms with van der Waals surface area (Å²) in [7, 11) is 2.14. The topological polar surface area (TPSA) is 12.0 Å². The van der Waals surface area contributed by atoms with E-state index in [1.807, 2.05) is 0 Å². The minimum Gasteiger partial charge on any atom is -0.317 e. The van der Waals surface area contributed by atoms with E-state index in [1.165, 1.54) is 36.8 Å². The van der Waals surface area contributed by atoms with Crippen LogP contribution in [0, 0.1) is 31.6 Å². The molecule has 0 bridgehead atoms. The summed E-state index contributed by atoms with van der Waals surface area (Å²) in [6, 6.07) is 7.41. The van der Waals surface area contributed by atoms with Gasteiger partial charge in [-0.25, -0.2) is 0 Å². The molecule has 112 valence electrons. The predicted octanol–water partition coefficient (Wildman–Crippen LogP) is 4.51. The summed E-state index contributed by atoms with van der Waals surface area (Å²) < 4.78 is 0. The van der Waals surface area contributed by atoms with E-state index in [-0.39, 0.29) is 0 Å². The van der Waals surface area contributed by atoms with Gasteiger partial charge in [-0.3, -0.25) is 0 Å². The average molecular weight is 273 g/mol. The lowest BCUT2D eigenvalue weighted by molar-refractivity contribution is 0.172. The minimum absolute atomic E-state index is 0.698. The van der Waals surface area contributed by atoms with Crippen LogP contribution in [0.5, 0.6) is 0 Å². The molecule has 0 aliphatic heterocycles. The maximum absolute atomic E-state index is 3.57. The molecule has 1 aromatic rings. The Balaban J connectivity index is 2.15. The molecule has 1 saturated carbocycles. The second-order valence-corrected chi connectivity index (χ2v) is 7.05. The molecule has 1 N–H and O–H groups in total. The van der Waals surface area contributed by atoms with E-state index in [0.717, 1.165) is 17.8 Å². The van der Waals surface area contributed by atoms with Crippen LogP contribution < -0.4 is 5.32 Å².